The van der Waals surface area contributed by atoms with Gasteiger partial charge in [-0.3, -0.25) is 0 Å². The molecule has 28 heavy (non-hydrogen) atoms. The van der Waals surface area contributed by atoms with E-state index in [1.165, 1.54) is 0 Å². The fraction of sp³-hybridized carbons (Fsp3) is 0.136. The number of benzene rings is 2. The van der Waals surface area contributed by atoms with Gasteiger partial charge in [-0.05, 0) is 30.5 Å². The highest BCUT2D eigenvalue weighted by Gasteiger charge is 2.07. The summed E-state index contributed by atoms with van der Waals surface area (Å²) in [6.45, 7) is 3.15. The van der Waals surface area contributed by atoms with E-state index in [9.17, 15) is 0 Å². The van der Waals surface area contributed by atoms with Crippen molar-refractivity contribution in [3.63, 3.8) is 0 Å². The Balaban J connectivity index is 1.43. The molecule has 0 saturated heterocycles. The van der Waals surface area contributed by atoms with Crippen LogP contribution < -0.4 is 15.4 Å². The van der Waals surface area contributed by atoms with Gasteiger partial charge in [-0.2, -0.15) is 4.98 Å². The highest BCUT2D eigenvalue weighted by molar-refractivity contribution is 5.92. The Labute approximate surface area is 163 Å². The molecule has 6 nitrogen and oxygen atoms in total. The van der Waals surface area contributed by atoms with Gasteiger partial charge >= 0.3 is 0 Å². The fourth-order valence-corrected chi connectivity index (χ4v) is 2.86. The maximum Gasteiger partial charge on any atom is 0.230 e. The Morgan fingerprint density at radius 3 is 2.61 bits per heavy atom. The average molecular weight is 371 g/mol. The minimum absolute atomic E-state index is 0.501. The average Bonchev–Trinajstić information content (AvgIpc) is 2.74. The molecule has 2 heterocycles. The van der Waals surface area contributed by atoms with Gasteiger partial charge in [0.2, 0.25) is 5.95 Å². The highest BCUT2D eigenvalue weighted by Crippen LogP contribution is 2.23. The van der Waals surface area contributed by atoms with Gasteiger partial charge in [0.25, 0.3) is 0 Å². The zero-order chi connectivity index (χ0) is 19.2. The molecule has 0 radical (unpaired) electrons. The third-order valence-corrected chi connectivity index (χ3v) is 4.28. The smallest absolute Gasteiger partial charge is 0.230 e. The van der Waals surface area contributed by atoms with Crippen molar-refractivity contribution in [3.8, 4) is 5.75 Å². The van der Waals surface area contributed by atoms with Crippen LogP contribution in [-0.4, -0.2) is 28.1 Å². The molecule has 0 bridgehead atoms. The van der Waals surface area contributed by atoms with Gasteiger partial charge in [0, 0.05) is 23.3 Å². The van der Waals surface area contributed by atoms with Gasteiger partial charge in [0.05, 0.1) is 6.54 Å². The molecule has 2 aromatic carbocycles. The number of para-hydroxylation sites is 1. The van der Waals surface area contributed by atoms with Crippen molar-refractivity contribution < 1.29 is 4.74 Å². The van der Waals surface area contributed by atoms with E-state index in [2.05, 4.69) is 31.7 Å². The van der Waals surface area contributed by atoms with Crippen molar-refractivity contribution in [2.75, 3.05) is 23.8 Å². The van der Waals surface area contributed by atoms with E-state index >= 15 is 0 Å². The molecule has 0 aliphatic heterocycles. The van der Waals surface area contributed by atoms with Crippen LogP contribution in [0.2, 0.25) is 0 Å². The summed E-state index contributed by atoms with van der Waals surface area (Å²) in [5.41, 5.74) is 0.969. The van der Waals surface area contributed by atoms with Crippen molar-refractivity contribution in [2.45, 2.75) is 6.92 Å². The number of anilines is 3. The maximum absolute atomic E-state index is 5.71. The number of aromatic nitrogens is 3. The Hall–Kier alpha value is -3.67. The molecule has 0 saturated carbocycles. The predicted molar refractivity (Wildman–Crippen MR) is 112 cm³/mol. The monoisotopic (exact) mass is 371 g/mol. The second-order valence-electron chi connectivity index (χ2n) is 6.32. The van der Waals surface area contributed by atoms with Crippen molar-refractivity contribution >= 4 is 28.4 Å². The standard InChI is InChI=1S/C22H21N5O/c1-16-15-25-22(27-21-19-10-6-5-7-17(19)11-12-23-21)26-20(16)24-13-14-28-18-8-3-2-4-9-18/h2-12,15H,13-14H2,1H3,(H2,23,24,25,26,27). The molecule has 6 heteroatoms. The van der Waals surface area contributed by atoms with E-state index < -0.39 is 0 Å². The van der Waals surface area contributed by atoms with Crippen molar-refractivity contribution in [2.24, 2.45) is 0 Å². The first kappa shape index (κ1) is 17.7. The molecule has 0 unspecified atom stereocenters. The first-order valence-electron chi connectivity index (χ1n) is 9.16. The van der Waals surface area contributed by atoms with Crippen LogP contribution in [0.4, 0.5) is 17.6 Å². The first-order chi connectivity index (χ1) is 13.8. The lowest BCUT2D eigenvalue weighted by Gasteiger charge is -2.12. The zero-order valence-corrected chi connectivity index (χ0v) is 15.6. The van der Waals surface area contributed by atoms with Crippen LogP contribution in [0, 0.1) is 6.92 Å². The molecule has 0 atom stereocenters. The molecule has 0 aliphatic rings. The van der Waals surface area contributed by atoms with Crippen molar-refractivity contribution in [1.29, 1.82) is 0 Å². The summed E-state index contributed by atoms with van der Waals surface area (Å²) in [5, 5.41) is 8.68. The lowest BCUT2D eigenvalue weighted by molar-refractivity contribution is 0.332. The first-order valence-corrected chi connectivity index (χ1v) is 9.16. The van der Waals surface area contributed by atoms with Crippen LogP contribution in [0.15, 0.2) is 73.1 Å². The summed E-state index contributed by atoms with van der Waals surface area (Å²) in [6.07, 6.45) is 3.57. The molecule has 0 spiro atoms. The molecule has 2 N–H and O–H groups in total. The maximum atomic E-state index is 5.71. The molecule has 4 rings (SSSR count). The molecule has 2 aromatic heterocycles. The summed E-state index contributed by atoms with van der Waals surface area (Å²) in [6, 6.07) is 19.8. The summed E-state index contributed by atoms with van der Waals surface area (Å²) < 4.78 is 5.71. The number of ether oxygens (including phenoxy) is 1. The number of nitrogens with zero attached hydrogens (tertiary/aromatic N) is 3. The minimum Gasteiger partial charge on any atom is -0.492 e. The van der Waals surface area contributed by atoms with E-state index in [-0.39, 0.29) is 0 Å². The second-order valence-corrected chi connectivity index (χ2v) is 6.32. The van der Waals surface area contributed by atoms with Crippen LogP contribution in [0.3, 0.4) is 0 Å². The van der Waals surface area contributed by atoms with E-state index in [0.717, 1.165) is 33.7 Å². The Kier molecular flexibility index (Phi) is 5.29. The minimum atomic E-state index is 0.501. The fourth-order valence-electron chi connectivity index (χ4n) is 2.86. The third-order valence-electron chi connectivity index (χ3n) is 4.28. The SMILES string of the molecule is Cc1cnc(Nc2nccc3ccccc23)nc1NCCOc1ccccc1. The second kappa shape index (κ2) is 8.35. The molecule has 0 aliphatic carbocycles. The Morgan fingerprint density at radius 1 is 0.893 bits per heavy atom. The topological polar surface area (TPSA) is 72.0 Å². The lowest BCUT2D eigenvalue weighted by Crippen LogP contribution is -2.14. The number of aryl methyl sites for hydroxylation is 1. The molecule has 0 fully saturated rings. The number of pyridine rings is 1. The van der Waals surface area contributed by atoms with E-state index in [1.807, 2.05) is 61.5 Å². The van der Waals surface area contributed by atoms with E-state index in [0.29, 0.717) is 19.1 Å². The number of hydrogen-bond donors (Lipinski definition) is 2. The van der Waals surface area contributed by atoms with E-state index in [1.54, 1.807) is 12.4 Å². The van der Waals surface area contributed by atoms with Crippen molar-refractivity contribution in [3.05, 3.63) is 78.6 Å². The summed E-state index contributed by atoms with van der Waals surface area (Å²) in [5.74, 6) is 2.86. The molecule has 140 valence electrons. The van der Waals surface area contributed by atoms with Crippen LogP contribution in [-0.2, 0) is 0 Å². The summed E-state index contributed by atoms with van der Waals surface area (Å²) in [4.78, 5) is 13.4. The normalized spacial score (nSPS) is 10.6. The van der Waals surface area contributed by atoms with Gasteiger partial charge < -0.3 is 15.4 Å². The number of rotatable bonds is 7. The number of fused-ring (bicyclic) bond motifs is 1. The highest BCUT2D eigenvalue weighted by atomic mass is 16.5. The molecule has 0 amide bonds. The van der Waals surface area contributed by atoms with Gasteiger partial charge in [-0.25, -0.2) is 9.97 Å². The van der Waals surface area contributed by atoms with E-state index in [4.69, 9.17) is 4.74 Å². The van der Waals surface area contributed by atoms with Crippen LogP contribution in [0.1, 0.15) is 5.56 Å². The number of hydrogen-bond acceptors (Lipinski definition) is 6. The lowest BCUT2D eigenvalue weighted by atomic mass is 10.1. The van der Waals surface area contributed by atoms with Crippen LogP contribution in [0.5, 0.6) is 5.75 Å². The zero-order valence-electron chi connectivity index (χ0n) is 15.6. The van der Waals surface area contributed by atoms with Crippen molar-refractivity contribution in [1.82, 2.24) is 15.0 Å². The molecular formula is C22H21N5O. The number of nitrogens with one attached hydrogen (secondary N) is 2. The van der Waals surface area contributed by atoms with Crippen LogP contribution >= 0.6 is 0 Å². The largest absolute Gasteiger partial charge is 0.492 e. The third kappa shape index (κ3) is 4.17. The van der Waals surface area contributed by atoms with Gasteiger partial charge in [0.1, 0.15) is 24.0 Å². The van der Waals surface area contributed by atoms with Gasteiger partial charge in [-0.15, -0.1) is 0 Å². The van der Waals surface area contributed by atoms with Gasteiger partial charge in [0.15, 0.2) is 0 Å². The Bertz CT molecular complexity index is 1060. The summed E-state index contributed by atoms with van der Waals surface area (Å²) in [7, 11) is 0. The molecular weight excluding hydrogens is 350 g/mol. The summed E-state index contributed by atoms with van der Waals surface area (Å²) >= 11 is 0. The predicted octanol–water partition coefficient (Wildman–Crippen LogP) is 4.57. The molecule has 4 aromatic rings. The Morgan fingerprint density at radius 2 is 1.71 bits per heavy atom. The quantitative estimate of drug-likeness (QED) is 0.464. The van der Waals surface area contributed by atoms with Crippen LogP contribution in [0.25, 0.3) is 10.8 Å². The van der Waals surface area contributed by atoms with Gasteiger partial charge in [-0.1, -0.05) is 42.5 Å².